The normalized spacial score (nSPS) is 10.0. The van der Waals surface area contributed by atoms with E-state index in [1.807, 2.05) is 0 Å². The minimum atomic E-state index is 0.0624. The summed E-state index contributed by atoms with van der Waals surface area (Å²) in [5.41, 5.74) is 0. The molecule has 0 aromatic heterocycles. The van der Waals surface area contributed by atoms with E-state index in [-0.39, 0.29) is 5.91 Å². The monoisotopic (exact) mass is 293 g/mol. The highest BCUT2D eigenvalue weighted by Crippen LogP contribution is 2.12. The van der Waals surface area contributed by atoms with Crippen LogP contribution < -0.4 is 5.32 Å². The van der Waals surface area contributed by atoms with E-state index < -0.39 is 0 Å². The Kier molecular flexibility index (Phi) is 16.3. The fourth-order valence-corrected chi connectivity index (χ4v) is 2.50. The first-order chi connectivity index (χ1) is 10.3. The van der Waals surface area contributed by atoms with E-state index in [9.17, 15) is 4.79 Å². The Morgan fingerprint density at radius 3 is 1.62 bits per heavy atom. The van der Waals surface area contributed by atoms with Gasteiger partial charge in [-0.3, -0.25) is 10.1 Å². The van der Waals surface area contributed by atoms with Crippen molar-refractivity contribution in [3.63, 3.8) is 0 Å². The fourth-order valence-electron chi connectivity index (χ4n) is 2.50. The summed E-state index contributed by atoms with van der Waals surface area (Å²) in [5.74, 6) is 2.73. The summed E-state index contributed by atoms with van der Waals surface area (Å²) in [6.45, 7) is 4.00. The maximum atomic E-state index is 11.3. The predicted molar refractivity (Wildman–Crippen MR) is 91.9 cm³/mol. The van der Waals surface area contributed by atoms with Gasteiger partial charge in [-0.2, -0.15) is 0 Å². The number of hydrogen-bond acceptors (Lipinski definition) is 1. The lowest BCUT2D eigenvalue weighted by Gasteiger charge is -2.03. The van der Waals surface area contributed by atoms with Crippen LogP contribution in [0.5, 0.6) is 0 Å². The van der Waals surface area contributed by atoms with Crippen molar-refractivity contribution in [1.82, 2.24) is 5.32 Å². The van der Waals surface area contributed by atoms with Gasteiger partial charge in [-0.25, -0.2) is 0 Å². The van der Waals surface area contributed by atoms with Crippen molar-refractivity contribution in [3.05, 3.63) is 0 Å². The third-order valence-electron chi connectivity index (χ3n) is 3.83. The van der Waals surface area contributed by atoms with Crippen molar-refractivity contribution >= 4 is 5.91 Å². The van der Waals surface area contributed by atoms with E-state index in [0.717, 1.165) is 6.42 Å². The number of hydrogen-bond donors (Lipinski definition) is 1. The van der Waals surface area contributed by atoms with Crippen LogP contribution in [0, 0.1) is 12.0 Å². The van der Waals surface area contributed by atoms with Crippen molar-refractivity contribution in [3.8, 4) is 12.0 Å². The summed E-state index contributed by atoms with van der Waals surface area (Å²) in [4.78, 5) is 11.3. The zero-order valence-corrected chi connectivity index (χ0v) is 14.3. The highest BCUT2D eigenvalue weighted by molar-refractivity contribution is 5.77. The average molecular weight is 293 g/mol. The Bertz CT molecular complexity index is 288. The zero-order chi connectivity index (χ0) is 15.6. The van der Waals surface area contributed by atoms with Gasteiger partial charge in [0.15, 0.2) is 0 Å². The van der Waals surface area contributed by atoms with Crippen LogP contribution in [0.15, 0.2) is 0 Å². The van der Waals surface area contributed by atoms with Crippen LogP contribution in [0.4, 0.5) is 0 Å². The largest absolute Gasteiger partial charge is 0.285 e. The van der Waals surface area contributed by atoms with Crippen molar-refractivity contribution < 1.29 is 4.79 Å². The molecule has 0 aromatic rings. The first kappa shape index (κ1) is 20.0. The van der Waals surface area contributed by atoms with Crippen LogP contribution in [0.3, 0.4) is 0 Å². The molecule has 0 saturated carbocycles. The van der Waals surface area contributed by atoms with Crippen LogP contribution in [-0.4, -0.2) is 5.91 Å². The Hall–Kier alpha value is -0.970. The number of nitrogens with one attached hydrogen (secondary N) is 1. The van der Waals surface area contributed by atoms with E-state index in [1.165, 1.54) is 77.0 Å². The van der Waals surface area contributed by atoms with Crippen molar-refractivity contribution in [2.75, 3.05) is 0 Å². The molecule has 0 saturated heterocycles. The topological polar surface area (TPSA) is 29.1 Å². The van der Waals surface area contributed by atoms with Gasteiger partial charge in [0.05, 0.1) is 0 Å². The number of carbonyl (C=O) groups is 1. The average Bonchev–Trinajstić information content (AvgIpc) is 2.49. The Labute approximate surface area is 132 Å². The molecule has 0 spiro atoms. The van der Waals surface area contributed by atoms with E-state index in [2.05, 4.69) is 24.2 Å². The molecule has 0 rings (SSSR count). The highest BCUT2D eigenvalue weighted by atomic mass is 16.1. The molecule has 0 atom stereocenters. The second-order valence-corrected chi connectivity index (χ2v) is 5.92. The van der Waals surface area contributed by atoms with Crippen LogP contribution >= 0.6 is 0 Å². The molecular weight excluding hydrogens is 258 g/mol. The van der Waals surface area contributed by atoms with Crippen molar-refractivity contribution in [1.29, 1.82) is 0 Å². The molecule has 21 heavy (non-hydrogen) atoms. The maximum absolute atomic E-state index is 11.3. The molecule has 0 unspecified atom stereocenters. The highest BCUT2D eigenvalue weighted by Gasteiger charge is 1.98. The smallest absolute Gasteiger partial charge is 0.231 e. The van der Waals surface area contributed by atoms with E-state index >= 15 is 0 Å². The second-order valence-electron chi connectivity index (χ2n) is 5.92. The zero-order valence-electron chi connectivity index (χ0n) is 14.3. The molecule has 0 aliphatic rings. The lowest BCUT2D eigenvalue weighted by molar-refractivity contribution is -0.120. The maximum Gasteiger partial charge on any atom is 0.231 e. The molecule has 0 radical (unpaired) electrons. The molecule has 1 N–H and O–H groups in total. The molecule has 122 valence electrons. The Morgan fingerprint density at radius 1 is 0.762 bits per heavy atom. The van der Waals surface area contributed by atoms with Crippen LogP contribution in [-0.2, 0) is 4.79 Å². The molecule has 2 heteroatoms. The molecule has 0 heterocycles. The molecule has 0 bridgehead atoms. The molecule has 1 amide bonds. The van der Waals surface area contributed by atoms with Crippen molar-refractivity contribution in [2.24, 2.45) is 0 Å². The summed E-state index contributed by atoms with van der Waals surface area (Å²) in [7, 11) is 0. The molecule has 0 aliphatic carbocycles. The van der Waals surface area contributed by atoms with Gasteiger partial charge >= 0.3 is 0 Å². The van der Waals surface area contributed by atoms with Gasteiger partial charge in [0.1, 0.15) is 0 Å². The fraction of sp³-hybridized carbons (Fsp3) is 0.842. The van der Waals surface area contributed by atoms with Gasteiger partial charge in [-0.15, -0.1) is 0 Å². The molecule has 0 aliphatic heterocycles. The lowest BCUT2D eigenvalue weighted by atomic mass is 10.0. The third kappa shape index (κ3) is 17.0. The number of unbranched alkanes of at least 4 members (excludes halogenated alkanes) is 12. The van der Waals surface area contributed by atoms with Crippen LogP contribution in [0.2, 0.25) is 0 Å². The lowest BCUT2D eigenvalue weighted by Crippen LogP contribution is -2.16. The van der Waals surface area contributed by atoms with E-state index in [0.29, 0.717) is 6.42 Å². The summed E-state index contributed by atoms with van der Waals surface area (Å²) >= 11 is 0. The summed E-state index contributed by atoms with van der Waals surface area (Å²) in [6, 6.07) is 2.60. The van der Waals surface area contributed by atoms with Gasteiger partial charge in [-0.1, -0.05) is 89.9 Å². The number of rotatable bonds is 14. The van der Waals surface area contributed by atoms with E-state index in [1.54, 1.807) is 6.92 Å². The molecule has 2 nitrogen and oxygen atoms in total. The molecular formula is C19H35NO. The quantitative estimate of drug-likeness (QED) is 0.253. The Balaban J connectivity index is 3.08. The van der Waals surface area contributed by atoms with Crippen LogP contribution in [0.25, 0.3) is 0 Å². The Morgan fingerprint density at radius 2 is 1.19 bits per heavy atom. The van der Waals surface area contributed by atoms with Crippen LogP contribution in [0.1, 0.15) is 104 Å². The minimum absolute atomic E-state index is 0.0624. The number of carbonyl (C=O) groups excluding carboxylic acids is 1. The summed E-state index contributed by atoms with van der Waals surface area (Å²) < 4.78 is 0. The first-order valence-electron chi connectivity index (χ1n) is 9.01. The second kappa shape index (κ2) is 17.1. The number of amides is 1. The van der Waals surface area contributed by atoms with Gasteiger partial charge in [0, 0.05) is 12.5 Å². The predicted octanol–water partition coefficient (Wildman–Crippen LogP) is 5.56. The van der Waals surface area contributed by atoms with Gasteiger partial charge in [0.25, 0.3) is 0 Å². The summed E-state index contributed by atoms with van der Waals surface area (Å²) in [5, 5.41) is 2.58. The SMILES string of the molecule is CC#CNC(=O)CCCCCCCCCCCCCCC. The standard InChI is InChI=1S/C19H35NO/c1-3-5-6-7-8-9-10-11-12-13-14-15-16-17-19(21)20-18-4-2/h3,5-17H2,1-2H3,(H,20,21). The third-order valence-corrected chi connectivity index (χ3v) is 3.83. The van der Waals surface area contributed by atoms with Gasteiger partial charge in [0.2, 0.25) is 5.91 Å². The minimum Gasteiger partial charge on any atom is -0.285 e. The van der Waals surface area contributed by atoms with Gasteiger partial charge in [-0.05, 0) is 13.3 Å². The van der Waals surface area contributed by atoms with Gasteiger partial charge < -0.3 is 0 Å². The molecule has 0 aromatic carbocycles. The first-order valence-corrected chi connectivity index (χ1v) is 9.01. The van der Waals surface area contributed by atoms with Crippen molar-refractivity contribution in [2.45, 2.75) is 104 Å². The summed E-state index contributed by atoms with van der Waals surface area (Å²) in [6.07, 6.45) is 18.0. The van der Waals surface area contributed by atoms with E-state index in [4.69, 9.17) is 0 Å². The molecule has 0 fully saturated rings.